The first-order valence-electron chi connectivity index (χ1n) is 9.58. The number of likely N-dealkylation sites (tertiary alicyclic amines) is 1. The second kappa shape index (κ2) is 7.82. The van der Waals surface area contributed by atoms with E-state index < -0.39 is 0 Å². The predicted molar refractivity (Wildman–Crippen MR) is 102 cm³/mol. The summed E-state index contributed by atoms with van der Waals surface area (Å²) >= 11 is 0. The number of rotatable bonds is 5. The van der Waals surface area contributed by atoms with Crippen LogP contribution in [0, 0.1) is 0 Å². The minimum absolute atomic E-state index is 0.0779. The van der Waals surface area contributed by atoms with Crippen LogP contribution in [0.3, 0.4) is 0 Å². The summed E-state index contributed by atoms with van der Waals surface area (Å²) in [7, 11) is 2.20. The standard InChI is InChI=1S/C21H28N4O/c1-24(15-18-5-4-9-22-14-18)20-13-21(26-17-20)7-11-25(12-8-21)16-19-6-2-3-10-23-19/h2-6,9-10,14,20H,7-8,11-13,15-17H2,1H3. The van der Waals surface area contributed by atoms with Crippen LogP contribution in [-0.4, -0.2) is 58.2 Å². The van der Waals surface area contributed by atoms with Crippen molar-refractivity contribution in [1.82, 2.24) is 19.8 Å². The fourth-order valence-electron chi connectivity index (χ4n) is 4.20. The van der Waals surface area contributed by atoms with Gasteiger partial charge in [0.1, 0.15) is 0 Å². The molecule has 5 heteroatoms. The number of likely N-dealkylation sites (N-methyl/N-ethyl adjacent to an activating group) is 1. The third kappa shape index (κ3) is 4.11. The molecule has 1 spiro atoms. The minimum atomic E-state index is 0.0779. The number of nitrogens with zero attached hydrogens (tertiary/aromatic N) is 4. The molecule has 1 unspecified atom stereocenters. The highest BCUT2D eigenvalue weighted by Gasteiger charge is 2.43. The summed E-state index contributed by atoms with van der Waals surface area (Å²) in [4.78, 5) is 13.6. The lowest BCUT2D eigenvalue weighted by Crippen LogP contribution is -2.44. The Morgan fingerprint density at radius 1 is 1.19 bits per heavy atom. The lowest BCUT2D eigenvalue weighted by atomic mass is 9.87. The molecule has 2 aliphatic heterocycles. The highest BCUT2D eigenvalue weighted by molar-refractivity contribution is 5.09. The molecule has 0 saturated carbocycles. The van der Waals surface area contributed by atoms with Crippen molar-refractivity contribution in [3.05, 3.63) is 60.2 Å². The SMILES string of the molecule is CN(Cc1cccnc1)C1COC2(CCN(Cc3ccccn3)CC2)C1. The summed E-state index contributed by atoms with van der Waals surface area (Å²) in [6, 6.07) is 10.8. The fraction of sp³-hybridized carbons (Fsp3) is 0.524. The van der Waals surface area contributed by atoms with Gasteiger partial charge in [0, 0.05) is 50.8 Å². The molecule has 4 rings (SSSR count). The van der Waals surface area contributed by atoms with Crippen molar-refractivity contribution in [2.24, 2.45) is 0 Å². The smallest absolute Gasteiger partial charge is 0.0723 e. The summed E-state index contributed by atoms with van der Waals surface area (Å²) in [6.45, 7) is 4.91. The second-order valence-electron chi connectivity index (χ2n) is 7.73. The predicted octanol–water partition coefficient (Wildman–Crippen LogP) is 2.73. The first-order chi connectivity index (χ1) is 12.7. The lowest BCUT2D eigenvalue weighted by molar-refractivity contribution is -0.0454. The van der Waals surface area contributed by atoms with Gasteiger partial charge in [0.25, 0.3) is 0 Å². The van der Waals surface area contributed by atoms with E-state index >= 15 is 0 Å². The van der Waals surface area contributed by atoms with Crippen LogP contribution in [0.5, 0.6) is 0 Å². The van der Waals surface area contributed by atoms with Gasteiger partial charge in [-0.25, -0.2) is 0 Å². The molecule has 1 atom stereocenters. The number of ether oxygens (including phenoxy) is 1. The second-order valence-corrected chi connectivity index (χ2v) is 7.73. The maximum atomic E-state index is 6.35. The van der Waals surface area contributed by atoms with Gasteiger partial charge < -0.3 is 4.74 Å². The Labute approximate surface area is 156 Å². The zero-order valence-corrected chi connectivity index (χ0v) is 15.6. The molecule has 5 nitrogen and oxygen atoms in total. The molecule has 0 amide bonds. The molecule has 2 aromatic rings. The number of hydrogen-bond donors (Lipinski definition) is 0. The Morgan fingerprint density at radius 2 is 2.08 bits per heavy atom. The molecule has 0 aromatic carbocycles. The molecule has 2 saturated heterocycles. The zero-order chi connectivity index (χ0) is 17.8. The molecule has 2 fully saturated rings. The van der Waals surface area contributed by atoms with Crippen molar-refractivity contribution in [2.75, 3.05) is 26.7 Å². The number of aromatic nitrogens is 2. The van der Waals surface area contributed by atoms with E-state index in [1.54, 1.807) is 0 Å². The topological polar surface area (TPSA) is 41.5 Å². The van der Waals surface area contributed by atoms with Gasteiger partial charge in [0.2, 0.25) is 0 Å². The number of hydrogen-bond acceptors (Lipinski definition) is 5. The molecule has 0 bridgehead atoms. The van der Waals surface area contributed by atoms with Crippen LogP contribution in [0.1, 0.15) is 30.5 Å². The maximum Gasteiger partial charge on any atom is 0.0723 e. The van der Waals surface area contributed by atoms with Gasteiger partial charge in [-0.1, -0.05) is 12.1 Å². The molecule has 26 heavy (non-hydrogen) atoms. The van der Waals surface area contributed by atoms with Gasteiger partial charge in [0.15, 0.2) is 0 Å². The molecule has 2 aliphatic rings. The van der Waals surface area contributed by atoms with Crippen LogP contribution in [0.2, 0.25) is 0 Å². The van der Waals surface area contributed by atoms with E-state index in [2.05, 4.69) is 45.0 Å². The van der Waals surface area contributed by atoms with Gasteiger partial charge in [-0.05, 0) is 50.1 Å². The van der Waals surface area contributed by atoms with Crippen molar-refractivity contribution < 1.29 is 4.74 Å². The summed E-state index contributed by atoms with van der Waals surface area (Å²) in [5.41, 5.74) is 2.50. The summed E-state index contributed by atoms with van der Waals surface area (Å²) in [5, 5.41) is 0. The Hall–Kier alpha value is -1.82. The Morgan fingerprint density at radius 3 is 2.81 bits per heavy atom. The van der Waals surface area contributed by atoms with Gasteiger partial charge in [-0.2, -0.15) is 0 Å². The molecule has 0 radical (unpaired) electrons. The van der Waals surface area contributed by atoms with Gasteiger partial charge in [-0.15, -0.1) is 0 Å². The van der Waals surface area contributed by atoms with E-state index in [1.807, 2.05) is 30.7 Å². The van der Waals surface area contributed by atoms with Crippen LogP contribution < -0.4 is 0 Å². The Kier molecular flexibility index (Phi) is 5.29. The zero-order valence-electron chi connectivity index (χ0n) is 15.6. The maximum absolute atomic E-state index is 6.35. The van der Waals surface area contributed by atoms with Crippen molar-refractivity contribution in [3.8, 4) is 0 Å². The number of piperidine rings is 1. The van der Waals surface area contributed by atoms with E-state index in [4.69, 9.17) is 4.74 Å². The average Bonchev–Trinajstić information content (AvgIpc) is 3.10. The van der Waals surface area contributed by atoms with E-state index in [-0.39, 0.29) is 5.60 Å². The van der Waals surface area contributed by atoms with Crippen LogP contribution in [0.4, 0.5) is 0 Å². The monoisotopic (exact) mass is 352 g/mol. The molecule has 2 aromatic heterocycles. The molecular formula is C21H28N4O. The van der Waals surface area contributed by atoms with Crippen LogP contribution in [0.25, 0.3) is 0 Å². The van der Waals surface area contributed by atoms with Crippen molar-refractivity contribution in [2.45, 2.75) is 44.0 Å². The summed E-state index contributed by atoms with van der Waals surface area (Å²) in [5.74, 6) is 0. The Bertz CT molecular complexity index is 686. The fourth-order valence-corrected chi connectivity index (χ4v) is 4.20. The summed E-state index contributed by atoms with van der Waals surface area (Å²) in [6.07, 6.45) is 9.05. The lowest BCUT2D eigenvalue weighted by Gasteiger charge is -2.38. The van der Waals surface area contributed by atoms with Crippen LogP contribution in [-0.2, 0) is 17.8 Å². The van der Waals surface area contributed by atoms with Crippen molar-refractivity contribution in [3.63, 3.8) is 0 Å². The molecule has 138 valence electrons. The van der Waals surface area contributed by atoms with Gasteiger partial charge >= 0.3 is 0 Å². The summed E-state index contributed by atoms with van der Waals surface area (Å²) < 4.78 is 6.35. The quantitative estimate of drug-likeness (QED) is 0.828. The molecule has 0 aliphatic carbocycles. The van der Waals surface area contributed by atoms with Crippen molar-refractivity contribution >= 4 is 0 Å². The van der Waals surface area contributed by atoms with Crippen LogP contribution in [0.15, 0.2) is 48.9 Å². The van der Waals surface area contributed by atoms with E-state index in [1.165, 1.54) is 5.56 Å². The van der Waals surface area contributed by atoms with Crippen LogP contribution >= 0.6 is 0 Å². The van der Waals surface area contributed by atoms with Gasteiger partial charge in [0.05, 0.1) is 17.9 Å². The first-order valence-corrected chi connectivity index (χ1v) is 9.58. The highest BCUT2D eigenvalue weighted by atomic mass is 16.5. The molecule has 4 heterocycles. The Balaban J connectivity index is 1.28. The minimum Gasteiger partial charge on any atom is -0.373 e. The normalized spacial score (nSPS) is 22.9. The largest absolute Gasteiger partial charge is 0.373 e. The molecule has 0 N–H and O–H groups in total. The third-order valence-corrected chi connectivity index (χ3v) is 5.85. The van der Waals surface area contributed by atoms with E-state index in [9.17, 15) is 0 Å². The first kappa shape index (κ1) is 17.6. The van der Waals surface area contributed by atoms with E-state index in [0.29, 0.717) is 6.04 Å². The number of pyridine rings is 2. The van der Waals surface area contributed by atoms with E-state index in [0.717, 1.165) is 57.7 Å². The van der Waals surface area contributed by atoms with Crippen molar-refractivity contribution in [1.29, 1.82) is 0 Å². The van der Waals surface area contributed by atoms with Gasteiger partial charge in [-0.3, -0.25) is 19.8 Å². The molecular weight excluding hydrogens is 324 g/mol. The average molecular weight is 352 g/mol. The highest BCUT2D eigenvalue weighted by Crippen LogP contribution is 2.37. The third-order valence-electron chi connectivity index (χ3n) is 5.85.